The van der Waals surface area contributed by atoms with Crippen LogP contribution in [0.1, 0.15) is 65.0 Å². The van der Waals surface area contributed by atoms with Gasteiger partial charge in [-0.3, -0.25) is 32.5 Å². The topological polar surface area (TPSA) is 401 Å². The van der Waals surface area contributed by atoms with Gasteiger partial charge in [0.2, 0.25) is 11.8 Å². The number of phosphoric ester groups is 3. The van der Waals surface area contributed by atoms with Crippen LogP contribution in [0.2, 0.25) is 0 Å². The zero-order valence-electron chi connectivity index (χ0n) is 35.1. The van der Waals surface area contributed by atoms with Gasteiger partial charge >= 0.3 is 29.4 Å². The first kappa shape index (κ1) is 55.6. The molecule has 2 aromatic rings. The van der Waals surface area contributed by atoms with Gasteiger partial charge in [-0.25, -0.2) is 33.4 Å². The maximum Gasteiger partial charge on any atom is 0.481 e. The summed E-state index contributed by atoms with van der Waals surface area (Å²) in [4.78, 5) is 98.5. The van der Waals surface area contributed by atoms with Crippen LogP contribution in [0, 0.1) is 5.41 Å². The zero-order chi connectivity index (χ0) is 48.4. The molecule has 26 nitrogen and oxygen atoms in total. The quantitative estimate of drug-likeness (QED) is 0.0240. The molecule has 7 atom stereocenters. The number of ether oxygens (including phenoxy) is 1. The Balaban J connectivity index is 1.35. The molecule has 2 aromatic heterocycles. The summed E-state index contributed by atoms with van der Waals surface area (Å²) in [5, 5.41) is 35.0. The van der Waals surface area contributed by atoms with Gasteiger partial charge in [-0.15, -0.1) is 0 Å². The standard InChI is InChI=1S/C35H54N7O19P3S/c1-35(2,30(48)33(49)38-16-15-24(43)37-17-18-65-26(46)14-12-10-8-6-4-3-5-7-9-11-13-25(44)45)20-58-64(55,56)61-63(53,54)57-19-23-29(60-62(50,51)52)28(47)34(59-23)42-22-41-27-31(36)39-21-40-32(27)42/h4-7,11,13,21-23,28-30,34,47-48H,3,8-10,12,14-20H2,1-2H3,(H,37,43)(H,38,49)(H,44,45)(H,53,54)(H,55,56)(H2,36,39,40)(H2,50,51,52)/b6-4+,7-5+,13-11+. The second-order valence-electron chi connectivity index (χ2n) is 14.7. The van der Waals surface area contributed by atoms with Crippen molar-refractivity contribution in [2.45, 2.75) is 89.4 Å². The van der Waals surface area contributed by atoms with Crippen molar-refractivity contribution in [2.75, 3.05) is 37.8 Å². The fourth-order valence-corrected chi connectivity index (χ4v) is 9.18. The zero-order valence-corrected chi connectivity index (χ0v) is 38.6. The summed E-state index contributed by atoms with van der Waals surface area (Å²) < 4.78 is 62.3. The van der Waals surface area contributed by atoms with Gasteiger partial charge < -0.3 is 56.0 Å². The fourth-order valence-electron chi connectivity index (χ4n) is 5.63. The molecule has 7 unspecified atom stereocenters. The summed E-state index contributed by atoms with van der Waals surface area (Å²) in [6.07, 6.45) is 7.44. The molecule has 30 heteroatoms. The number of anilines is 1. The van der Waals surface area contributed by atoms with E-state index in [1.807, 2.05) is 24.3 Å². The van der Waals surface area contributed by atoms with Crippen molar-refractivity contribution in [1.82, 2.24) is 30.2 Å². The number of nitrogens with two attached hydrogens (primary N) is 1. The molecule has 3 heterocycles. The largest absolute Gasteiger partial charge is 0.481 e. The van der Waals surface area contributed by atoms with E-state index in [4.69, 9.17) is 24.6 Å². The van der Waals surface area contributed by atoms with Crippen LogP contribution in [0.4, 0.5) is 5.82 Å². The number of hydrogen-bond acceptors (Lipinski definition) is 19. The maximum atomic E-state index is 12.7. The third-order valence-electron chi connectivity index (χ3n) is 8.90. The molecule has 1 aliphatic heterocycles. The lowest BCUT2D eigenvalue weighted by atomic mass is 9.87. The smallest absolute Gasteiger partial charge is 0.478 e. The molecule has 11 N–H and O–H groups in total. The Hall–Kier alpha value is -3.75. The molecule has 3 rings (SSSR count). The number of rotatable bonds is 29. The van der Waals surface area contributed by atoms with E-state index in [0.717, 1.165) is 54.3 Å². The highest BCUT2D eigenvalue weighted by Gasteiger charge is 2.50. The lowest BCUT2D eigenvalue weighted by Crippen LogP contribution is -2.46. The first-order valence-corrected chi connectivity index (χ1v) is 25.2. The number of thioether (sulfide) groups is 1. The number of nitrogen functional groups attached to an aromatic ring is 1. The predicted octanol–water partition coefficient (Wildman–Crippen LogP) is 1.76. The number of carbonyl (C=O) groups is 4. The third kappa shape index (κ3) is 19.9. The van der Waals surface area contributed by atoms with E-state index in [1.54, 1.807) is 6.08 Å². The Morgan fingerprint density at radius 3 is 2.32 bits per heavy atom. The number of amides is 2. The first-order chi connectivity index (χ1) is 30.4. The average Bonchev–Trinajstić information content (AvgIpc) is 3.77. The number of aromatic nitrogens is 4. The predicted molar refractivity (Wildman–Crippen MR) is 230 cm³/mol. The molecule has 2 amide bonds. The number of fused-ring (bicyclic) bond motifs is 1. The number of carbonyl (C=O) groups excluding carboxylic acids is 3. The number of aliphatic hydroxyl groups excluding tert-OH is 2. The number of imidazole rings is 1. The van der Waals surface area contributed by atoms with Gasteiger partial charge in [-0.1, -0.05) is 56.0 Å². The number of phosphoric acid groups is 3. The normalized spacial score (nSPS) is 20.6. The van der Waals surface area contributed by atoms with Crippen LogP contribution in [0.25, 0.3) is 11.2 Å². The molecule has 364 valence electrons. The Morgan fingerprint density at radius 2 is 1.63 bits per heavy atom. The summed E-state index contributed by atoms with van der Waals surface area (Å²) >= 11 is 1.08. The Bertz CT molecular complexity index is 2170. The lowest BCUT2D eigenvalue weighted by molar-refractivity contribution is -0.137. The molecule has 0 bridgehead atoms. The van der Waals surface area contributed by atoms with Crippen molar-refractivity contribution in [1.29, 1.82) is 0 Å². The minimum absolute atomic E-state index is 0.0162. The second kappa shape index (κ2) is 26.0. The van der Waals surface area contributed by atoms with Crippen LogP contribution in [0.15, 0.2) is 49.1 Å². The monoisotopic (exact) mass is 1000 g/mol. The summed E-state index contributed by atoms with van der Waals surface area (Å²) in [6, 6.07) is 0. The van der Waals surface area contributed by atoms with Gasteiger partial charge in [0.05, 0.1) is 19.5 Å². The van der Waals surface area contributed by atoms with Gasteiger partial charge in [-0.2, -0.15) is 4.31 Å². The number of aliphatic carboxylic acids is 1. The number of aliphatic hydroxyl groups is 2. The molecule has 1 fully saturated rings. The number of allylic oxidation sites excluding steroid dienone is 5. The van der Waals surface area contributed by atoms with E-state index in [9.17, 15) is 62.7 Å². The molecule has 0 spiro atoms. The summed E-state index contributed by atoms with van der Waals surface area (Å²) in [5.74, 6) is -2.14. The van der Waals surface area contributed by atoms with Crippen molar-refractivity contribution in [3.8, 4) is 0 Å². The number of unbranched alkanes of at least 4 members (excludes halogenated alkanes) is 2. The Morgan fingerprint density at radius 1 is 0.954 bits per heavy atom. The molecule has 65 heavy (non-hydrogen) atoms. The van der Waals surface area contributed by atoms with Gasteiger partial charge in [-0.05, 0) is 32.1 Å². The Kier molecular flexibility index (Phi) is 22.2. The summed E-state index contributed by atoms with van der Waals surface area (Å²) in [7, 11) is -16.4. The molecule has 0 aliphatic carbocycles. The molecule has 0 radical (unpaired) electrons. The van der Waals surface area contributed by atoms with Crippen molar-refractivity contribution in [3.05, 3.63) is 49.1 Å². The molecular formula is C35H54N7O19P3S. The van der Waals surface area contributed by atoms with Crippen molar-refractivity contribution >= 4 is 75.1 Å². The number of hydrogen-bond donors (Lipinski definition) is 10. The van der Waals surface area contributed by atoms with E-state index < -0.39 is 90.5 Å². The molecule has 1 aliphatic rings. The first-order valence-electron chi connectivity index (χ1n) is 19.7. The minimum atomic E-state index is -5.59. The molecule has 1 saturated heterocycles. The van der Waals surface area contributed by atoms with Gasteiger partial charge in [0, 0.05) is 43.2 Å². The molecule has 0 saturated carbocycles. The lowest BCUT2D eigenvalue weighted by Gasteiger charge is -2.30. The number of carboxylic acids is 1. The van der Waals surface area contributed by atoms with Crippen LogP contribution in [-0.2, 0) is 55.5 Å². The van der Waals surface area contributed by atoms with Crippen LogP contribution < -0.4 is 16.4 Å². The van der Waals surface area contributed by atoms with E-state index in [1.165, 1.54) is 13.8 Å². The number of nitrogens with one attached hydrogen (secondary N) is 2. The van der Waals surface area contributed by atoms with Crippen molar-refractivity contribution < 1.29 is 90.4 Å². The molecular weight excluding hydrogens is 947 g/mol. The number of carboxylic acid groups (broad SMARTS) is 1. The van der Waals surface area contributed by atoms with Gasteiger partial charge in [0.25, 0.3) is 0 Å². The van der Waals surface area contributed by atoms with E-state index in [2.05, 4.69) is 34.4 Å². The van der Waals surface area contributed by atoms with Crippen molar-refractivity contribution in [3.63, 3.8) is 0 Å². The van der Waals surface area contributed by atoms with Gasteiger partial charge in [0.15, 0.2) is 22.8 Å². The van der Waals surface area contributed by atoms with Gasteiger partial charge in [0.1, 0.15) is 36.3 Å². The van der Waals surface area contributed by atoms with Crippen LogP contribution >= 0.6 is 35.2 Å². The second-order valence-corrected chi connectivity index (χ2v) is 20.1. The highest BCUT2D eigenvalue weighted by molar-refractivity contribution is 8.13. The fraction of sp³-hybridized carbons (Fsp3) is 0.571. The summed E-state index contributed by atoms with van der Waals surface area (Å²) in [5.41, 5.74) is 4.24. The van der Waals surface area contributed by atoms with Crippen molar-refractivity contribution in [2.24, 2.45) is 5.41 Å². The van der Waals surface area contributed by atoms with E-state index in [0.29, 0.717) is 25.0 Å². The van der Waals surface area contributed by atoms with E-state index >= 15 is 0 Å². The maximum absolute atomic E-state index is 12.7. The average molecular weight is 1000 g/mol. The van der Waals surface area contributed by atoms with Crippen LogP contribution in [-0.4, -0.2) is 134 Å². The highest BCUT2D eigenvalue weighted by Crippen LogP contribution is 2.61. The summed E-state index contributed by atoms with van der Waals surface area (Å²) in [6.45, 7) is 0.425. The Labute approximate surface area is 376 Å². The molecule has 0 aromatic carbocycles. The SMILES string of the molecule is CC(C)(COP(=O)(O)OP(=O)(O)OCC1OC(n2cnc3c(N)ncnc32)C(O)C1OP(=O)(O)O)C(O)C(=O)NCCC(=O)NCCSC(=O)CCCC/C=C/C/C=C/C/C=C/C(=O)O. The minimum Gasteiger partial charge on any atom is -0.478 e. The number of nitrogens with zero attached hydrogens (tertiary/aromatic N) is 4. The van der Waals surface area contributed by atoms with E-state index in [-0.39, 0.29) is 41.6 Å². The highest BCUT2D eigenvalue weighted by atomic mass is 32.2. The van der Waals surface area contributed by atoms with Crippen LogP contribution in [0.3, 0.4) is 0 Å². The third-order valence-corrected chi connectivity index (χ3v) is 12.9. The van der Waals surface area contributed by atoms with Crippen LogP contribution in [0.5, 0.6) is 0 Å².